The second-order valence-corrected chi connectivity index (χ2v) is 6.65. The van der Waals surface area contributed by atoms with Gasteiger partial charge in [-0.3, -0.25) is 4.79 Å². The van der Waals surface area contributed by atoms with Crippen LogP contribution in [0.4, 0.5) is 0 Å². The molecule has 1 aliphatic carbocycles. The van der Waals surface area contributed by atoms with Gasteiger partial charge in [0.25, 0.3) is 0 Å². The van der Waals surface area contributed by atoms with Crippen molar-refractivity contribution in [2.45, 2.75) is 57.1 Å². The van der Waals surface area contributed by atoms with Gasteiger partial charge in [-0.15, -0.1) is 0 Å². The van der Waals surface area contributed by atoms with E-state index >= 15 is 0 Å². The SMILES string of the molecule is CCOC(=O)CCCNS(=O)(=O)C1CCCCC1. The fourth-order valence-electron chi connectivity index (χ4n) is 2.17. The van der Waals surface area contributed by atoms with E-state index in [-0.39, 0.29) is 17.6 Å². The van der Waals surface area contributed by atoms with Gasteiger partial charge in [-0.05, 0) is 26.2 Å². The summed E-state index contributed by atoms with van der Waals surface area (Å²) in [5, 5.41) is -0.242. The summed E-state index contributed by atoms with van der Waals surface area (Å²) in [5.74, 6) is -0.269. The first kappa shape index (κ1) is 15.4. The van der Waals surface area contributed by atoms with Crippen LogP contribution in [0.25, 0.3) is 0 Å². The lowest BCUT2D eigenvalue weighted by atomic mass is 10.0. The number of hydrogen-bond acceptors (Lipinski definition) is 4. The lowest BCUT2D eigenvalue weighted by Crippen LogP contribution is -2.36. The molecule has 1 rings (SSSR count). The van der Waals surface area contributed by atoms with Crippen LogP contribution >= 0.6 is 0 Å². The standard InChI is InChI=1S/C12H23NO4S/c1-2-17-12(14)9-6-10-13-18(15,16)11-7-4-3-5-8-11/h11,13H,2-10H2,1H3. The third-order valence-corrected chi connectivity index (χ3v) is 5.11. The maximum Gasteiger partial charge on any atom is 0.305 e. The predicted molar refractivity (Wildman–Crippen MR) is 69.7 cm³/mol. The van der Waals surface area contributed by atoms with E-state index in [4.69, 9.17) is 4.74 Å². The van der Waals surface area contributed by atoms with Crippen LogP contribution in [0.15, 0.2) is 0 Å². The fourth-order valence-corrected chi connectivity index (χ4v) is 3.79. The monoisotopic (exact) mass is 277 g/mol. The molecule has 0 bridgehead atoms. The van der Waals surface area contributed by atoms with Gasteiger partial charge in [0, 0.05) is 13.0 Å². The molecular weight excluding hydrogens is 254 g/mol. The summed E-state index contributed by atoms with van der Waals surface area (Å²) in [4.78, 5) is 11.1. The minimum absolute atomic E-state index is 0.242. The van der Waals surface area contributed by atoms with Gasteiger partial charge >= 0.3 is 5.97 Å². The highest BCUT2D eigenvalue weighted by molar-refractivity contribution is 7.90. The Morgan fingerprint density at radius 3 is 2.56 bits per heavy atom. The van der Waals surface area contributed by atoms with Gasteiger partial charge in [0.2, 0.25) is 10.0 Å². The van der Waals surface area contributed by atoms with Gasteiger partial charge in [0.1, 0.15) is 0 Å². The average Bonchev–Trinajstić information content (AvgIpc) is 2.36. The fraction of sp³-hybridized carbons (Fsp3) is 0.917. The van der Waals surface area contributed by atoms with Crippen LogP contribution in [0, 0.1) is 0 Å². The van der Waals surface area contributed by atoms with E-state index in [0.29, 0.717) is 19.6 Å². The number of carbonyl (C=O) groups is 1. The highest BCUT2D eigenvalue weighted by Crippen LogP contribution is 2.22. The first-order valence-electron chi connectivity index (χ1n) is 6.70. The second kappa shape index (κ2) is 7.74. The van der Waals surface area contributed by atoms with Crippen LogP contribution in [0.1, 0.15) is 51.9 Å². The summed E-state index contributed by atoms with van der Waals surface area (Å²) >= 11 is 0. The van der Waals surface area contributed by atoms with Crippen molar-refractivity contribution in [3.05, 3.63) is 0 Å². The molecular formula is C12H23NO4S. The molecule has 0 unspecified atom stereocenters. The zero-order valence-electron chi connectivity index (χ0n) is 11.0. The van der Waals surface area contributed by atoms with Gasteiger partial charge in [0.15, 0.2) is 0 Å². The summed E-state index contributed by atoms with van der Waals surface area (Å²) in [5.41, 5.74) is 0. The summed E-state index contributed by atoms with van der Waals surface area (Å²) in [6, 6.07) is 0. The molecule has 0 aromatic carbocycles. The Kier molecular flexibility index (Phi) is 6.63. The van der Waals surface area contributed by atoms with Gasteiger partial charge in [-0.1, -0.05) is 19.3 Å². The van der Waals surface area contributed by atoms with Crippen LogP contribution in [0.3, 0.4) is 0 Å². The van der Waals surface area contributed by atoms with Crippen molar-refractivity contribution < 1.29 is 17.9 Å². The van der Waals surface area contributed by atoms with Crippen LogP contribution in [0.5, 0.6) is 0 Å². The van der Waals surface area contributed by atoms with Crippen molar-refractivity contribution in [2.75, 3.05) is 13.2 Å². The average molecular weight is 277 g/mol. The minimum atomic E-state index is -3.20. The lowest BCUT2D eigenvalue weighted by molar-refractivity contribution is -0.143. The molecule has 0 saturated heterocycles. The maximum atomic E-state index is 11.9. The first-order chi connectivity index (χ1) is 8.56. The zero-order chi connectivity index (χ0) is 13.4. The van der Waals surface area contributed by atoms with Crippen molar-refractivity contribution >= 4 is 16.0 Å². The number of sulfonamides is 1. The van der Waals surface area contributed by atoms with Crippen molar-refractivity contribution in [1.29, 1.82) is 0 Å². The Hall–Kier alpha value is -0.620. The predicted octanol–water partition coefficient (Wildman–Crippen LogP) is 1.58. The molecule has 0 amide bonds. The Balaban J connectivity index is 2.22. The summed E-state index contributed by atoms with van der Waals surface area (Å²) < 4.78 is 31.2. The molecule has 1 N–H and O–H groups in total. The van der Waals surface area contributed by atoms with Gasteiger partial charge < -0.3 is 4.74 Å². The largest absolute Gasteiger partial charge is 0.466 e. The number of esters is 1. The van der Waals surface area contributed by atoms with Crippen LogP contribution in [-0.2, 0) is 19.6 Å². The quantitative estimate of drug-likeness (QED) is 0.566. The zero-order valence-corrected chi connectivity index (χ0v) is 11.8. The molecule has 18 heavy (non-hydrogen) atoms. The molecule has 106 valence electrons. The molecule has 0 aromatic heterocycles. The van der Waals surface area contributed by atoms with Crippen molar-refractivity contribution in [3.63, 3.8) is 0 Å². The maximum absolute atomic E-state index is 11.9. The number of ether oxygens (including phenoxy) is 1. The second-order valence-electron chi connectivity index (χ2n) is 4.61. The van der Waals surface area contributed by atoms with Crippen molar-refractivity contribution in [1.82, 2.24) is 4.72 Å². The van der Waals surface area contributed by atoms with Gasteiger partial charge in [-0.25, -0.2) is 13.1 Å². The van der Waals surface area contributed by atoms with Crippen molar-refractivity contribution in [2.24, 2.45) is 0 Å². The molecule has 5 nitrogen and oxygen atoms in total. The third kappa shape index (κ3) is 5.35. The molecule has 1 aliphatic rings. The Morgan fingerprint density at radius 1 is 1.28 bits per heavy atom. The van der Waals surface area contributed by atoms with E-state index in [1.54, 1.807) is 6.92 Å². The minimum Gasteiger partial charge on any atom is -0.466 e. The molecule has 1 fully saturated rings. The molecule has 0 aliphatic heterocycles. The first-order valence-corrected chi connectivity index (χ1v) is 8.25. The molecule has 0 radical (unpaired) electrons. The van der Waals surface area contributed by atoms with Crippen LogP contribution < -0.4 is 4.72 Å². The van der Waals surface area contributed by atoms with E-state index in [9.17, 15) is 13.2 Å². The number of rotatable bonds is 7. The molecule has 0 atom stereocenters. The normalized spacial score (nSPS) is 17.6. The molecule has 0 heterocycles. The van der Waals surface area contributed by atoms with E-state index in [0.717, 1.165) is 32.1 Å². The number of nitrogens with one attached hydrogen (secondary N) is 1. The number of carbonyl (C=O) groups excluding carboxylic acids is 1. The Bertz CT molecular complexity index is 347. The van der Waals surface area contributed by atoms with E-state index < -0.39 is 10.0 Å². The van der Waals surface area contributed by atoms with Gasteiger partial charge in [0.05, 0.1) is 11.9 Å². The highest BCUT2D eigenvalue weighted by atomic mass is 32.2. The summed E-state index contributed by atoms with van der Waals surface area (Å²) in [7, 11) is -3.20. The summed E-state index contributed by atoms with van der Waals surface area (Å²) in [6.45, 7) is 2.44. The van der Waals surface area contributed by atoms with Gasteiger partial charge in [-0.2, -0.15) is 0 Å². The Labute approximate surface area is 109 Å². The third-order valence-electron chi connectivity index (χ3n) is 3.16. The smallest absolute Gasteiger partial charge is 0.305 e. The molecule has 1 saturated carbocycles. The summed E-state index contributed by atoms with van der Waals surface area (Å²) in [6.07, 6.45) is 5.39. The van der Waals surface area contributed by atoms with Crippen LogP contribution in [0.2, 0.25) is 0 Å². The van der Waals surface area contributed by atoms with E-state index in [1.807, 2.05) is 0 Å². The lowest BCUT2D eigenvalue weighted by Gasteiger charge is -2.21. The van der Waals surface area contributed by atoms with Crippen molar-refractivity contribution in [3.8, 4) is 0 Å². The molecule has 6 heteroatoms. The van der Waals surface area contributed by atoms with E-state index in [1.165, 1.54) is 0 Å². The molecule has 0 spiro atoms. The molecule has 0 aromatic rings. The topological polar surface area (TPSA) is 72.5 Å². The Morgan fingerprint density at radius 2 is 1.94 bits per heavy atom. The number of hydrogen-bond donors (Lipinski definition) is 1. The van der Waals surface area contributed by atoms with Crippen LogP contribution in [-0.4, -0.2) is 32.8 Å². The van der Waals surface area contributed by atoms with E-state index in [2.05, 4.69) is 4.72 Å². The highest BCUT2D eigenvalue weighted by Gasteiger charge is 2.26.